The summed E-state index contributed by atoms with van der Waals surface area (Å²) in [7, 11) is 0. The lowest BCUT2D eigenvalue weighted by atomic mass is 9.99. The highest BCUT2D eigenvalue weighted by molar-refractivity contribution is 6.10. The number of aryl methyl sites for hydroxylation is 1. The molecule has 3 aromatic rings. The maximum absolute atomic E-state index is 14.2. The van der Waals surface area contributed by atoms with E-state index in [0.29, 0.717) is 41.5 Å². The number of carbonyl (C=O) groups excluding carboxylic acids is 2. The molecule has 1 heterocycles. The quantitative estimate of drug-likeness (QED) is 0.508. The molecular weight excluding hydrogens is 459 g/mol. The molecule has 1 saturated carbocycles. The van der Waals surface area contributed by atoms with Gasteiger partial charge in [-0.2, -0.15) is 0 Å². The Morgan fingerprint density at radius 1 is 0.944 bits per heavy atom. The molecule has 2 aliphatic rings. The van der Waals surface area contributed by atoms with Gasteiger partial charge in [-0.25, -0.2) is 4.39 Å². The summed E-state index contributed by atoms with van der Waals surface area (Å²) in [5.74, 6) is 0.00834. The highest BCUT2D eigenvalue weighted by Gasteiger charge is 2.36. The number of benzene rings is 3. The van der Waals surface area contributed by atoms with Crippen LogP contribution < -0.4 is 19.7 Å². The van der Waals surface area contributed by atoms with Crippen molar-refractivity contribution in [2.45, 2.75) is 44.7 Å². The molecule has 2 amide bonds. The fourth-order valence-electron chi connectivity index (χ4n) is 4.93. The van der Waals surface area contributed by atoms with Crippen molar-refractivity contribution in [3.05, 3.63) is 89.2 Å². The predicted octanol–water partition coefficient (Wildman–Crippen LogP) is 5.35. The number of hydrogen-bond acceptors (Lipinski definition) is 4. The van der Waals surface area contributed by atoms with Gasteiger partial charge >= 0.3 is 0 Å². The molecular formula is C29H29FN2O4. The van der Waals surface area contributed by atoms with Crippen LogP contribution in [-0.2, 0) is 4.79 Å². The second-order valence-corrected chi connectivity index (χ2v) is 9.26. The average molecular weight is 489 g/mol. The number of para-hydroxylation sites is 1. The summed E-state index contributed by atoms with van der Waals surface area (Å²) in [6.45, 7) is 2.74. The van der Waals surface area contributed by atoms with Crippen LogP contribution in [0.4, 0.5) is 10.1 Å². The zero-order valence-electron chi connectivity index (χ0n) is 20.2. The molecule has 0 bridgehead atoms. The largest absolute Gasteiger partial charge is 0.486 e. The van der Waals surface area contributed by atoms with Gasteiger partial charge in [-0.1, -0.05) is 43.2 Å². The Bertz CT molecular complexity index is 1250. The number of hydrogen-bond donors (Lipinski definition) is 1. The van der Waals surface area contributed by atoms with E-state index in [0.717, 1.165) is 31.2 Å². The van der Waals surface area contributed by atoms with Gasteiger partial charge in [0.15, 0.2) is 11.5 Å². The van der Waals surface area contributed by atoms with Crippen LogP contribution in [-0.4, -0.2) is 31.1 Å². The van der Waals surface area contributed by atoms with Crippen LogP contribution in [0.1, 0.15) is 53.2 Å². The minimum absolute atomic E-state index is 0.0589. The van der Waals surface area contributed by atoms with E-state index in [1.807, 2.05) is 31.2 Å². The van der Waals surface area contributed by atoms with Crippen molar-refractivity contribution < 1.29 is 23.5 Å². The van der Waals surface area contributed by atoms with Crippen molar-refractivity contribution in [1.29, 1.82) is 0 Å². The zero-order valence-corrected chi connectivity index (χ0v) is 20.2. The molecule has 6 nitrogen and oxygen atoms in total. The van der Waals surface area contributed by atoms with Crippen LogP contribution in [0.5, 0.6) is 11.5 Å². The second kappa shape index (κ2) is 10.4. The molecule has 0 aromatic heterocycles. The lowest BCUT2D eigenvalue weighted by molar-refractivity contribution is -0.123. The lowest BCUT2D eigenvalue weighted by Gasteiger charge is -2.33. The van der Waals surface area contributed by atoms with Crippen molar-refractivity contribution in [2.75, 3.05) is 18.1 Å². The van der Waals surface area contributed by atoms with Crippen molar-refractivity contribution >= 4 is 17.5 Å². The lowest BCUT2D eigenvalue weighted by Crippen LogP contribution is -2.46. The number of fused-ring (bicyclic) bond motifs is 1. The fourth-order valence-corrected chi connectivity index (χ4v) is 4.93. The van der Waals surface area contributed by atoms with Crippen LogP contribution in [0.2, 0.25) is 0 Å². The third kappa shape index (κ3) is 4.91. The maximum atomic E-state index is 14.2. The molecule has 1 aliphatic heterocycles. The fraction of sp³-hybridized carbons (Fsp3) is 0.310. The topological polar surface area (TPSA) is 67.9 Å². The normalized spacial score (nSPS) is 15.8. The van der Waals surface area contributed by atoms with Crippen molar-refractivity contribution in [2.24, 2.45) is 0 Å². The first-order valence-electron chi connectivity index (χ1n) is 12.4. The van der Waals surface area contributed by atoms with Crippen LogP contribution in [0.15, 0.2) is 66.7 Å². The summed E-state index contributed by atoms with van der Waals surface area (Å²) in [5, 5.41) is 3.15. The van der Waals surface area contributed by atoms with Gasteiger partial charge in [0.05, 0.1) is 0 Å². The van der Waals surface area contributed by atoms with Crippen LogP contribution in [0, 0.1) is 12.7 Å². The molecule has 3 aromatic carbocycles. The van der Waals surface area contributed by atoms with Gasteiger partial charge in [0.1, 0.15) is 25.1 Å². The van der Waals surface area contributed by atoms with E-state index in [-0.39, 0.29) is 17.9 Å². The van der Waals surface area contributed by atoms with E-state index >= 15 is 0 Å². The minimum atomic E-state index is -0.993. The molecule has 1 N–H and O–H groups in total. The average Bonchev–Trinajstić information content (AvgIpc) is 3.41. The number of nitrogens with zero attached hydrogens (tertiary/aromatic N) is 1. The number of anilines is 1. The van der Waals surface area contributed by atoms with Gasteiger partial charge in [-0.3, -0.25) is 14.5 Å². The molecule has 186 valence electrons. The molecule has 7 heteroatoms. The molecule has 0 unspecified atom stereocenters. The van der Waals surface area contributed by atoms with Crippen LogP contribution in [0.25, 0.3) is 0 Å². The highest BCUT2D eigenvalue weighted by Crippen LogP contribution is 2.36. The number of rotatable bonds is 6. The number of halogens is 1. The molecule has 5 rings (SSSR count). The third-order valence-electron chi connectivity index (χ3n) is 6.78. The summed E-state index contributed by atoms with van der Waals surface area (Å²) >= 11 is 0. The Kier molecular flexibility index (Phi) is 6.89. The number of amides is 2. The van der Waals surface area contributed by atoms with E-state index in [2.05, 4.69) is 5.32 Å². The van der Waals surface area contributed by atoms with E-state index < -0.39 is 11.9 Å². The first kappa shape index (κ1) is 23.9. The Balaban J connectivity index is 1.61. The summed E-state index contributed by atoms with van der Waals surface area (Å²) in [4.78, 5) is 29.5. The number of nitrogens with one attached hydrogen (secondary N) is 1. The van der Waals surface area contributed by atoms with Gasteiger partial charge in [0, 0.05) is 17.3 Å². The standard InChI is InChI=1S/C29H29FN2O4/c1-19-6-2-5-9-24(19)32(29(34)21-12-15-25-26(18-21)36-17-16-35-25)27(20-10-13-22(30)14-11-20)28(33)31-23-7-3-4-8-23/h2,5-6,9-15,18,23,27H,3-4,7-8,16-17H2,1H3,(H,31,33)/t27-/m0/s1. The molecule has 0 radical (unpaired) electrons. The first-order chi connectivity index (χ1) is 17.5. The smallest absolute Gasteiger partial charge is 0.259 e. The van der Waals surface area contributed by atoms with Crippen molar-refractivity contribution in [1.82, 2.24) is 5.32 Å². The Labute approximate surface area is 210 Å². The van der Waals surface area contributed by atoms with E-state index in [1.54, 1.807) is 30.3 Å². The molecule has 0 saturated heterocycles. The van der Waals surface area contributed by atoms with Gasteiger partial charge in [-0.15, -0.1) is 0 Å². The summed E-state index contributed by atoms with van der Waals surface area (Å²) in [5.41, 5.74) is 2.33. The van der Waals surface area contributed by atoms with E-state index in [4.69, 9.17) is 9.47 Å². The molecule has 1 atom stereocenters. The van der Waals surface area contributed by atoms with Gasteiger partial charge < -0.3 is 14.8 Å². The van der Waals surface area contributed by atoms with Crippen molar-refractivity contribution in [3.8, 4) is 11.5 Å². The molecule has 0 spiro atoms. The zero-order chi connectivity index (χ0) is 25.1. The summed E-state index contributed by atoms with van der Waals surface area (Å²) in [6.07, 6.45) is 3.93. The molecule has 1 fully saturated rings. The van der Waals surface area contributed by atoms with E-state index in [1.165, 1.54) is 17.0 Å². The highest BCUT2D eigenvalue weighted by atomic mass is 19.1. The van der Waals surface area contributed by atoms with Crippen LogP contribution >= 0.6 is 0 Å². The Morgan fingerprint density at radius 3 is 2.36 bits per heavy atom. The minimum Gasteiger partial charge on any atom is -0.486 e. The van der Waals surface area contributed by atoms with Crippen molar-refractivity contribution in [3.63, 3.8) is 0 Å². The van der Waals surface area contributed by atoms with Gasteiger partial charge in [0.25, 0.3) is 5.91 Å². The number of carbonyl (C=O) groups is 2. The van der Waals surface area contributed by atoms with Gasteiger partial charge in [0.2, 0.25) is 5.91 Å². The van der Waals surface area contributed by atoms with Crippen LogP contribution in [0.3, 0.4) is 0 Å². The first-order valence-corrected chi connectivity index (χ1v) is 12.4. The predicted molar refractivity (Wildman–Crippen MR) is 135 cm³/mol. The monoisotopic (exact) mass is 488 g/mol. The van der Waals surface area contributed by atoms with Gasteiger partial charge in [-0.05, 0) is 67.3 Å². The number of ether oxygens (including phenoxy) is 2. The Hall–Kier alpha value is -3.87. The van der Waals surface area contributed by atoms with E-state index in [9.17, 15) is 14.0 Å². The summed E-state index contributed by atoms with van der Waals surface area (Å²) in [6, 6.07) is 17.3. The third-order valence-corrected chi connectivity index (χ3v) is 6.78. The molecule has 1 aliphatic carbocycles. The maximum Gasteiger partial charge on any atom is 0.259 e. The SMILES string of the molecule is Cc1ccccc1N(C(=O)c1ccc2c(c1)OCCO2)[C@H](C(=O)NC1CCCC1)c1ccc(F)cc1. The summed E-state index contributed by atoms with van der Waals surface area (Å²) < 4.78 is 25.2. The Morgan fingerprint density at radius 2 is 1.64 bits per heavy atom. The molecule has 36 heavy (non-hydrogen) atoms. The second-order valence-electron chi connectivity index (χ2n) is 9.26.